The molecule has 1 heterocycles. The number of aromatic nitrogens is 3. The molecule has 3 aromatic rings. The van der Waals surface area contributed by atoms with Crippen LogP contribution in [0.5, 0.6) is 5.75 Å². The number of carbonyl (C=O) groups is 1. The van der Waals surface area contributed by atoms with Gasteiger partial charge in [-0.15, -0.1) is 10.2 Å². The van der Waals surface area contributed by atoms with Crippen molar-refractivity contribution in [3.05, 3.63) is 58.9 Å². The molecule has 0 spiro atoms. The third kappa shape index (κ3) is 5.67. The first-order chi connectivity index (χ1) is 14.5. The molecule has 0 radical (unpaired) electrons. The number of benzene rings is 2. The van der Waals surface area contributed by atoms with E-state index in [4.69, 9.17) is 16.3 Å². The first kappa shape index (κ1) is 22.0. The average Bonchev–Trinajstić information content (AvgIpc) is 3.15. The molecule has 0 aliphatic rings. The average molecular weight is 446 g/mol. The Morgan fingerprint density at radius 3 is 2.67 bits per heavy atom. The summed E-state index contributed by atoms with van der Waals surface area (Å²) >= 11 is 7.37. The molecule has 0 bridgehead atoms. The monoisotopic (exact) mass is 445 g/mol. The van der Waals surface area contributed by atoms with Crippen molar-refractivity contribution >= 4 is 40.6 Å². The number of carbonyl (C=O) groups excluding carboxylic acids is 1. The van der Waals surface area contributed by atoms with E-state index in [1.54, 1.807) is 19.2 Å². The predicted molar refractivity (Wildman–Crippen MR) is 122 cm³/mol. The van der Waals surface area contributed by atoms with E-state index in [0.29, 0.717) is 23.3 Å². The van der Waals surface area contributed by atoms with E-state index in [0.717, 1.165) is 28.5 Å². The highest BCUT2D eigenvalue weighted by Gasteiger charge is 2.14. The van der Waals surface area contributed by atoms with Gasteiger partial charge < -0.3 is 19.9 Å². The molecule has 2 aromatic carbocycles. The Kier molecular flexibility index (Phi) is 7.59. The minimum Gasteiger partial charge on any atom is -0.497 e. The summed E-state index contributed by atoms with van der Waals surface area (Å²) in [5.41, 5.74) is 2.64. The zero-order valence-electron chi connectivity index (χ0n) is 17.1. The van der Waals surface area contributed by atoms with E-state index >= 15 is 0 Å². The molecule has 1 aromatic heterocycles. The summed E-state index contributed by atoms with van der Waals surface area (Å²) in [5, 5.41) is 16.1. The van der Waals surface area contributed by atoms with Gasteiger partial charge in [0.25, 0.3) is 0 Å². The number of nitrogens with zero attached hydrogens (tertiary/aromatic N) is 3. The fourth-order valence-electron chi connectivity index (χ4n) is 2.81. The van der Waals surface area contributed by atoms with Crippen LogP contribution in [-0.4, -0.2) is 33.5 Å². The van der Waals surface area contributed by atoms with Crippen molar-refractivity contribution in [1.29, 1.82) is 0 Å². The topological polar surface area (TPSA) is 81.1 Å². The van der Waals surface area contributed by atoms with Crippen LogP contribution in [0.2, 0.25) is 5.02 Å². The van der Waals surface area contributed by atoms with Crippen LogP contribution in [0.1, 0.15) is 18.3 Å². The molecule has 0 fully saturated rings. The minimum absolute atomic E-state index is 0.117. The second kappa shape index (κ2) is 10.4. The Hall–Kier alpha value is -2.71. The normalized spacial score (nSPS) is 10.7. The van der Waals surface area contributed by atoms with Crippen molar-refractivity contribution in [2.75, 3.05) is 23.5 Å². The number of ether oxygens (including phenoxy) is 1. The van der Waals surface area contributed by atoms with Crippen molar-refractivity contribution in [1.82, 2.24) is 14.8 Å². The maximum Gasteiger partial charge on any atom is 0.234 e. The maximum atomic E-state index is 12.4. The van der Waals surface area contributed by atoms with Crippen molar-refractivity contribution < 1.29 is 9.53 Å². The summed E-state index contributed by atoms with van der Waals surface area (Å²) in [6.07, 6.45) is 0. The molecular weight excluding hydrogens is 422 g/mol. The standard InChI is InChI=1S/C21H24ClN5O2S/c1-4-27-19(12-23-16-7-9-17(29-3)10-8-16)25-26-21(27)30-13-20(28)24-18-11-15(22)6-5-14(18)2/h5-11,23H,4,12-13H2,1-3H3,(H,24,28). The van der Waals surface area contributed by atoms with Gasteiger partial charge in [-0.2, -0.15) is 0 Å². The van der Waals surface area contributed by atoms with E-state index in [9.17, 15) is 4.79 Å². The molecule has 3 rings (SSSR count). The molecule has 7 nitrogen and oxygen atoms in total. The summed E-state index contributed by atoms with van der Waals surface area (Å²) in [5.74, 6) is 1.73. The number of aryl methyl sites for hydroxylation is 1. The predicted octanol–water partition coefficient (Wildman–Crippen LogP) is 4.61. The molecule has 0 aliphatic heterocycles. The van der Waals surface area contributed by atoms with Crippen molar-refractivity contribution in [2.45, 2.75) is 32.1 Å². The molecule has 0 saturated heterocycles. The van der Waals surface area contributed by atoms with Gasteiger partial charge in [0.15, 0.2) is 11.0 Å². The molecule has 0 saturated carbocycles. The third-order valence-electron chi connectivity index (χ3n) is 4.46. The van der Waals surface area contributed by atoms with Crippen molar-refractivity contribution in [3.63, 3.8) is 0 Å². The molecule has 0 atom stereocenters. The fourth-order valence-corrected chi connectivity index (χ4v) is 3.80. The molecule has 0 unspecified atom stereocenters. The summed E-state index contributed by atoms with van der Waals surface area (Å²) in [7, 11) is 1.64. The lowest BCUT2D eigenvalue weighted by Crippen LogP contribution is -2.15. The van der Waals surface area contributed by atoms with Crippen molar-refractivity contribution in [2.24, 2.45) is 0 Å². The zero-order chi connectivity index (χ0) is 21.5. The second-order valence-corrected chi connectivity index (χ2v) is 7.90. The van der Waals surface area contributed by atoms with Gasteiger partial charge >= 0.3 is 0 Å². The third-order valence-corrected chi connectivity index (χ3v) is 5.66. The fraction of sp³-hybridized carbons (Fsp3) is 0.286. The lowest BCUT2D eigenvalue weighted by molar-refractivity contribution is -0.113. The largest absolute Gasteiger partial charge is 0.497 e. The first-order valence-electron chi connectivity index (χ1n) is 9.49. The number of halogens is 1. The molecule has 158 valence electrons. The highest BCUT2D eigenvalue weighted by molar-refractivity contribution is 7.99. The van der Waals surface area contributed by atoms with Gasteiger partial charge in [-0.1, -0.05) is 29.4 Å². The Balaban J connectivity index is 1.58. The smallest absolute Gasteiger partial charge is 0.234 e. The van der Waals surface area contributed by atoms with E-state index in [1.807, 2.05) is 48.7 Å². The van der Waals surface area contributed by atoms with Gasteiger partial charge in [0.1, 0.15) is 5.75 Å². The van der Waals surface area contributed by atoms with Crippen LogP contribution in [0, 0.1) is 6.92 Å². The minimum atomic E-state index is -0.117. The molecule has 9 heteroatoms. The quantitative estimate of drug-likeness (QED) is 0.468. The Labute approximate surface area is 185 Å². The van der Waals surface area contributed by atoms with E-state index in [1.165, 1.54) is 11.8 Å². The van der Waals surface area contributed by atoms with Crippen LogP contribution >= 0.6 is 23.4 Å². The summed E-state index contributed by atoms with van der Waals surface area (Å²) in [6, 6.07) is 13.1. The Bertz CT molecular complexity index is 1010. The number of methoxy groups -OCH3 is 1. The number of anilines is 2. The number of hydrogen-bond donors (Lipinski definition) is 2. The van der Waals surface area contributed by atoms with Crippen molar-refractivity contribution in [3.8, 4) is 5.75 Å². The van der Waals surface area contributed by atoms with E-state index in [-0.39, 0.29) is 11.7 Å². The molecule has 0 aliphatic carbocycles. The summed E-state index contributed by atoms with van der Waals surface area (Å²) in [4.78, 5) is 12.4. The van der Waals surface area contributed by atoms with Gasteiger partial charge in [0.2, 0.25) is 5.91 Å². The van der Waals surface area contributed by atoms with Gasteiger partial charge in [0, 0.05) is 22.9 Å². The van der Waals surface area contributed by atoms with Crippen LogP contribution in [0.25, 0.3) is 0 Å². The highest BCUT2D eigenvalue weighted by Crippen LogP contribution is 2.22. The van der Waals surface area contributed by atoms with Crippen LogP contribution in [0.4, 0.5) is 11.4 Å². The molecular formula is C21H24ClN5O2S. The highest BCUT2D eigenvalue weighted by atomic mass is 35.5. The van der Waals surface area contributed by atoms with Crippen LogP contribution in [0.15, 0.2) is 47.6 Å². The number of rotatable bonds is 9. The van der Waals surface area contributed by atoms with E-state index < -0.39 is 0 Å². The van der Waals surface area contributed by atoms with Crippen LogP contribution in [0.3, 0.4) is 0 Å². The Morgan fingerprint density at radius 2 is 1.97 bits per heavy atom. The number of amides is 1. The lowest BCUT2D eigenvalue weighted by atomic mass is 10.2. The Morgan fingerprint density at radius 1 is 1.20 bits per heavy atom. The van der Waals surface area contributed by atoms with Crippen LogP contribution < -0.4 is 15.4 Å². The summed E-state index contributed by atoms with van der Waals surface area (Å²) in [6.45, 7) is 5.19. The van der Waals surface area contributed by atoms with Gasteiger partial charge in [-0.05, 0) is 55.8 Å². The van der Waals surface area contributed by atoms with E-state index in [2.05, 4.69) is 20.8 Å². The van der Waals surface area contributed by atoms with Crippen LogP contribution in [-0.2, 0) is 17.9 Å². The number of nitrogens with one attached hydrogen (secondary N) is 2. The lowest BCUT2D eigenvalue weighted by Gasteiger charge is -2.10. The second-order valence-electron chi connectivity index (χ2n) is 6.52. The van der Waals surface area contributed by atoms with Gasteiger partial charge in [-0.3, -0.25) is 4.79 Å². The zero-order valence-corrected chi connectivity index (χ0v) is 18.7. The van der Waals surface area contributed by atoms with Gasteiger partial charge in [-0.25, -0.2) is 0 Å². The SMILES string of the molecule is CCn1c(CNc2ccc(OC)cc2)nnc1SCC(=O)Nc1cc(Cl)ccc1C. The maximum absolute atomic E-state index is 12.4. The summed E-state index contributed by atoms with van der Waals surface area (Å²) < 4.78 is 7.17. The first-order valence-corrected chi connectivity index (χ1v) is 10.8. The van der Waals surface area contributed by atoms with Gasteiger partial charge in [0.05, 0.1) is 19.4 Å². The molecule has 30 heavy (non-hydrogen) atoms. The number of thioether (sulfide) groups is 1. The molecule has 1 amide bonds. The number of hydrogen-bond acceptors (Lipinski definition) is 6. The molecule has 2 N–H and O–H groups in total.